The topological polar surface area (TPSA) is 23.0 Å². The fraction of sp³-hybridized carbons (Fsp3) is 0. The van der Waals surface area contributed by atoms with Crippen LogP contribution in [0.15, 0.2) is 186 Å². The van der Waals surface area contributed by atoms with Gasteiger partial charge in [-0.15, -0.1) is 0 Å². The van der Waals surface area contributed by atoms with Gasteiger partial charge in [-0.25, -0.2) is 0 Å². The van der Waals surface area contributed by atoms with Crippen LogP contribution in [0.2, 0.25) is 0 Å². The fourth-order valence-electron chi connectivity index (χ4n) is 9.76. The fourth-order valence-corrected chi connectivity index (χ4v) is 9.76. The average Bonchev–Trinajstić information content (AvgIpc) is 3.98. The van der Waals surface area contributed by atoms with Crippen LogP contribution in [-0.4, -0.2) is 9.13 Å². The second-order valence-corrected chi connectivity index (χ2v) is 14.8. The summed E-state index contributed by atoms with van der Waals surface area (Å²) in [5.41, 5.74) is 16.4. The van der Waals surface area contributed by atoms with E-state index < -0.39 is 0 Å². The van der Waals surface area contributed by atoms with E-state index >= 15 is 0 Å². The van der Waals surface area contributed by atoms with Gasteiger partial charge in [0, 0.05) is 43.7 Å². The molecule has 3 heterocycles. The highest BCUT2D eigenvalue weighted by Gasteiger charge is 2.26. The highest BCUT2D eigenvalue weighted by atomic mass is 16.3. The van der Waals surface area contributed by atoms with E-state index in [-0.39, 0.29) is 0 Å². The molecule has 13 rings (SSSR count). The molecule has 12 aromatic rings. The lowest BCUT2D eigenvalue weighted by atomic mass is 10.0. The maximum Gasteiger partial charge on any atom is 0.136 e. The van der Waals surface area contributed by atoms with Crippen LogP contribution in [0, 0.1) is 0 Å². The van der Waals surface area contributed by atoms with Gasteiger partial charge in [0.15, 0.2) is 0 Å². The number of rotatable bonds is 3. The number of benzene rings is 9. The van der Waals surface area contributed by atoms with Crippen molar-refractivity contribution in [2.45, 2.75) is 0 Å². The van der Waals surface area contributed by atoms with Crippen LogP contribution in [0.4, 0.5) is 0 Å². The molecule has 0 N–H and O–H groups in total. The van der Waals surface area contributed by atoms with E-state index in [1.165, 1.54) is 82.2 Å². The number of hydrogen-bond donors (Lipinski definition) is 0. The molecular formula is C52H30N2O. The van der Waals surface area contributed by atoms with E-state index in [0.717, 1.165) is 38.8 Å². The summed E-state index contributed by atoms with van der Waals surface area (Å²) in [6, 6.07) is 66.5. The number of para-hydroxylation sites is 2. The third-order valence-electron chi connectivity index (χ3n) is 12.0. The molecule has 0 saturated heterocycles. The van der Waals surface area contributed by atoms with Crippen LogP contribution in [-0.2, 0) is 0 Å². The Morgan fingerprint density at radius 1 is 0.327 bits per heavy atom. The van der Waals surface area contributed by atoms with E-state index in [4.69, 9.17) is 4.42 Å². The minimum absolute atomic E-state index is 0.902. The van der Waals surface area contributed by atoms with Gasteiger partial charge >= 0.3 is 0 Å². The lowest BCUT2D eigenvalue weighted by molar-refractivity contribution is 0.669. The quantitative estimate of drug-likeness (QED) is 0.180. The van der Waals surface area contributed by atoms with Crippen molar-refractivity contribution in [1.82, 2.24) is 9.13 Å². The van der Waals surface area contributed by atoms with Crippen LogP contribution < -0.4 is 0 Å². The number of fused-ring (bicyclic) bond motifs is 14. The van der Waals surface area contributed by atoms with E-state index in [1.54, 1.807) is 0 Å². The third-order valence-corrected chi connectivity index (χ3v) is 12.0. The molecule has 254 valence electrons. The van der Waals surface area contributed by atoms with Gasteiger partial charge in [0.2, 0.25) is 0 Å². The molecular weight excluding hydrogens is 669 g/mol. The Kier molecular flexibility index (Phi) is 5.63. The summed E-state index contributed by atoms with van der Waals surface area (Å²) in [6.07, 6.45) is 0. The lowest BCUT2D eigenvalue weighted by Gasteiger charge is -2.14. The monoisotopic (exact) mass is 698 g/mol. The maximum atomic E-state index is 6.51. The zero-order valence-corrected chi connectivity index (χ0v) is 29.6. The summed E-state index contributed by atoms with van der Waals surface area (Å²) in [5.74, 6) is 0. The summed E-state index contributed by atoms with van der Waals surface area (Å²) < 4.78 is 11.5. The van der Waals surface area contributed by atoms with Crippen molar-refractivity contribution in [1.29, 1.82) is 0 Å². The normalized spacial score (nSPS) is 12.4. The van der Waals surface area contributed by atoms with Crippen LogP contribution >= 0.6 is 0 Å². The van der Waals surface area contributed by atoms with Gasteiger partial charge in [-0.1, -0.05) is 133 Å². The van der Waals surface area contributed by atoms with Gasteiger partial charge in [0.25, 0.3) is 0 Å². The Hall–Kier alpha value is -7.36. The smallest absolute Gasteiger partial charge is 0.136 e. The Morgan fingerprint density at radius 3 is 1.91 bits per heavy atom. The molecule has 1 aliphatic carbocycles. The molecule has 3 aromatic heterocycles. The predicted molar refractivity (Wildman–Crippen MR) is 230 cm³/mol. The number of nitrogens with zero attached hydrogens (tertiary/aromatic N) is 2. The van der Waals surface area contributed by atoms with E-state index in [1.807, 2.05) is 0 Å². The van der Waals surface area contributed by atoms with Crippen molar-refractivity contribution in [3.8, 4) is 44.8 Å². The van der Waals surface area contributed by atoms with Gasteiger partial charge in [-0.05, 0) is 92.7 Å². The SMILES string of the molecule is c1ccc(-c2cccc(-n3c4ccc5oc6ccccc6c5c4c4ccc5c6ccccc6n(-c6ccc7c(c6)-c6cccc8cccc-7c68)c5c43)c2)cc1. The zero-order chi connectivity index (χ0) is 35.8. The van der Waals surface area contributed by atoms with Crippen molar-refractivity contribution in [2.24, 2.45) is 0 Å². The lowest BCUT2D eigenvalue weighted by Crippen LogP contribution is -1.99. The zero-order valence-electron chi connectivity index (χ0n) is 29.6. The van der Waals surface area contributed by atoms with E-state index in [9.17, 15) is 0 Å². The molecule has 0 fully saturated rings. The standard InChI is InChI=1S/C52H30N2O/c1-2-11-31(12-3-1)33-15-8-16-34(29-33)54-45-27-28-47-50(41-18-5-7-22-46(41)55-47)49(45)42-26-25-40-37-17-4-6-21-44(37)53(51(40)52(42)54)35-23-24-36-38-19-9-13-32-14-10-20-39(48(32)38)43(36)30-35/h1-30H. The molecule has 0 radical (unpaired) electrons. The Balaban J connectivity index is 1.21. The maximum absolute atomic E-state index is 6.51. The highest BCUT2D eigenvalue weighted by Crippen LogP contribution is 2.50. The molecule has 1 aliphatic rings. The van der Waals surface area contributed by atoms with Crippen molar-refractivity contribution >= 4 is 76.3 Å². The molecule has 3 heteroatoms. The molecule has 0 saturated carbocycles. The van der Waals surface area contributed by atoms with Gasteiger partial charge in [-0.3, -0.25) is 0 Å². The molecule has 0 bridgehead atoms. The van der Waals surface area contributed by atoms with Gasteiger partial charge in [0.05, 0.1) is 22.1 Å². The Labute approximate surface area is 315 Å². The van der Waals surface area contributed by atoms with E-state index in [2.05, 4.69) is 191 Å². The van der Waals surface area contributed by atoms with E-state index in [0.29, 0.717) is 0 Å². The first-order chi connectivity index (χ1) is 27.3. The minimum atomic E-state index is 0.902. The van der Waals surface area contributed by atoms with Gasteiger partial charge in [-0.2, -0.15) is 0 Å². The molecule has 0 spiro atoms. The average molecular weight is 699 g/mol. The van der Waals surface area contributed by atoms with Crippen LogP contribution in [0.3, 0.4) is 0 Å². The third kappa shape index (κ3) is 3.84. The summed E-state index contributed by atoms with van der Waals surface area (Å²) >= 11 is 0. The van der Waals surface area contributed by atoms with Crippen LogP contribution in [0.1, 0.15) is 0 Å². The number of hydrogen-bond acceptors (Lipinski definition) is 1. The number of aromatic nitrogens is 2. The summed E-state index contributed by atoms with van der Waals surface area (Å²) in [6.45, 7) is 0. The van der Waals surface area contributed by atoms with Crippen molar-refractivity contribution in [3.05, 3.63) is 182 Å². The van der Waals surface area contributed by atoms with Crippen molar-refractivity contribution in [2.75, 3.05) is 0 Å². The van der Waals surface area contributed by atoms with Crippen LogP contribution in [0.25, 0.3) is 121 Å². The van der Waals surface area contributed by atoms with Gasteiger partial charge in [0.1, 0.15) is 11.2 Å². The molecule has 9 aromatic carbocycles. The Bertz CT molecular complexity index is 3590. The summed E-state index contributed by atoms with van der Waals surface area (Å²) in [5, 5.41) is 9.78. The summed E-state index contributed by atoms with van der Waals surface area (Å²) in [7, 11) is 0. The Morgan fingerprint density at radius 2 is 1.02 bits per heavy atom. The first-order valence-electron chi connectivity index (χ1n) is 18.9. The second kappa shape index (κ2) is 10.6. The number of furan rings is 1. The molecule has 0 amide bonds. The molecule has 3 nitrogen and oxygen atoms in total. The van der Waals surface area contributed by atoms with Crippen molar-refractivity contribution in [3.63, 3.8) is 0 Å². The van der Waals surface area contributed by atoms with Crippen molar-refractivity contribution < 1.29 is 4.42 Å². The minimum Gasteiger partial charge on any atom is -0.456 e. The molecule has 0 atom stereocenters. The first-order valence-corrected chi connectivity index (χ1v) is 18.9. The largest absolute Gasteiger partial charge is 0.456 e. The second-order valence-electron chi connectivity index (χ2n) is 14.8. The predicted octanol–water partition coefficient (Wildman–Crippen LogP) is 14.2. The highest BCUT2D eigenvalue weighted by molar-refractivity contribution is 6.31. The first kappa shape index (κ1) is 29.1. The molecule has 0 aliphatic heterocycles. The molecule has 55 heavy (non-hydrogen) atoms. The van der Waals surface area contributed by atoms with Crippen LogP contribution in [0.5, 0.6) is 0 Å². The van der Waals surface area contributed by atoms with Gasteiger partial charge < -0.3 is 13.6 Å². The summed E-state index contributed by atoms with van der Waals surface area (Å²) in [4.78, 5) is 0. The molecule has 0 unspecified atom stereocenters.